The van der Waals surface area contributed by atoms with Gasteiger partial charge in [-0.3, -0.25) is 9.78 Å². The first-order valence-electron chi connectivity index (χ1n) is 13.7. The van der Waals surface area contributed by atoms with Crippen molar-refractivity contribution in [3.05, 3.63) is 64.0 Å². The number of esters is 1. The van der Waals surface area contributed by atoms with E-state index in [0.29, 0.717) is 43.6 Å². The summed E-state index contributed by atoms with van der Waals surface area (Å²) in [5.41, 5.74) is 2.10. The van der Waals surface area contributed by atoms with Crippen LogP contribution in [-0.4, -0.2) is 35.9 Å². The predicted octanol–water partition coefficient (Wildman–Crippen LogP) is 6.51. The molecule has 2 unspecified atom stereocenters. The van der Waals surface area contributed by atoms with E-state index in [2.05, 4.69) is 0 Å². The summed E-state index contributed by atoms with van der Waals surface area (Å²) in [4.78, 5) is 16.3. The summed E-state index contributed by atoms with van der Waals surface area (Å²) in [6.45, 7) is 6.66. The smallest absolute Gasteiger partial charge is 0.416 e. The van der Waals surface area contributed by atoms with Crippen LogP contribution in [0.4, 0.5) is 13.2 Å². The van der Waals surface area contributed by atoms with Crippen molar-refractivity contribution in [3.63, 3.8) is 0 Å². The molecule has 1 saturated heterocycles. The third kappa shape index (κ3) is 5.33. The van der Waals surface area contributed by atoms with Gasteiger partial charge in [0.15, 0.2) is 0 Å². The molecule has 1 saturated carbocycles. The SMILES string of the molecule is CC(=O)OCC1(CC(O)c2cnc(C(C)C)c3c2C2(CCOCC2)OC3c2ccc(C(F)(F)F)cc2)CCC1. The van der Waals surface area contributed by atoms with Crippen LogP contribution in [0.5, 0.6) is 0 Å². The first-order valence-corrected chi connectivity index (χ1v) is 13.7. The first-order chi connectivity index (χ1) is 18.4. The number of halogens is 3. The Kier molecular flexibility index (Phi) is 7.54. The zero-order valence-electron chi connectivity index (χ0n) is 22.6. The van der Waals surface area contributed by atoms with Crippen molar-refractivity contribution >= 4 is 5.97 Å². The molecular formula is C30H36F3NO5. The molecule has 0 radical (unpaired) electrons. The van der Waals surface area contributed by atoms with E-state index in [9.17, 15) is 23.1 Å². The second-order valence-corrected chi connectivity index (χ2v) is 11.6. The number of ether oxygens (including phenoxy) is 3. The lowest BCUT2D eigenvalue weighted by atomic mass is 9.65. The van der Waals surface area contributed by atoms with Crippen LogP contribution in [0.2, 0.25) is 0 Å². The lowest BCUT2D eigenvalue weighted by molar-refractivity contribution is -0.148. The number of hydrogen-bond acceptors (Lipinski definition) is 6. The van der Waals surface area contributed by atoms with Gasteiger partial charge in [0.25, 0.3) is 0 Å². The van der Waals surface area contributed by atoms with Crippen molar-refractivity contribution in [2.45, 2.75) is 89.2 Å². The molecule has 1 aromatic carbocycles. The van der Waals surface area contributed by atoms with E-state index in [0.717, 1.165) is 48.2 Å². The normalized spacial score (nSPS) is 22.4. The first kappa shape index (κ1) is 28.1. The van der Waals surface area contributed by atoms with Crippen LogP contribution >= 0.6 is 0 Å². The number of nitrogens with zero attached hydrogens (tertiary/aromatic N) is 1. The number of benzene rings is 1. The summed E-state index contributed by atoms with van der Waals surface area (Å²) in [5.74, 6) is -0.309. The van der Waals surface area contributed by atoms with E-state index < -0.39 is 29.5 Å². The standard InChI is InChI=1S/C30H36F3NO5/c1-18(2)26-24-25(22(16-34-26)23(36)15-28(9-4-10-28)17-38-19(3)35)29(11-13-37-14-12-29)39-27(24)20-5-7-21(8-6-20)30(31,32)33/h5-8,16,18,23,27,36H,4,9-15,17H2,1-3H3. The summed E-state index contributed by atoms with van der Waals surface area (Å²) >= 11 is 0. The molecule has 0 bridgehead atoms. The van der Waals surface area contributed by atoms with E-state index >= 15 is 0 Å². The van der Waals surface area contributed by atoms with E-state index in [1.165, 1.54) is 19.1 Å². The fourth-order valence-corrected chi connectivity index (χ4v) is 6.40. The minimum Gasteiger partial charge on any atom is -0.465 e. The maximum Gasteiger partial charge on any atom is 0.416 e. The maximum absolute atomic E-state index is 13.3. The Morgan fingerprint density at radius 2 is 1.82 bits per heavy atom. The molecule has 9 heteroatoms. The van der Waals surface area contributed by atoms with Crippen LogP contribution in [0.1, 0.15) is 111 Å². The highest BCUT2D eigenvalue weighted by atomic mass is 19.4. The van der Waals surface area contributed by atoms with Gasteiger partial charge in [0, 0.05) is 61.4 Å². The summed E-state index contributed by atoms with van der Waals surface area (Å²) < 4.78 is 57.7. The number of pyridine rings is 1. The van der Waals surface area contributed by atoms with Gasteiger partial charge in [-0.25, -0.2) is 0 Å². The quantitative estimate of drug-likeness (QED) is 0.399. The highest BCUT2D eigenvalue weighted by molar-refractivity contribution is 5.66. The zero-order valence-corrected chi connectivity index (χ0v) is 22.6. The average Bonchev–Trinajstić information content (AvgIpc) is 3.19. The van der Waals surface area contributed by atoms with E-state index in [4.69, 9.17) is 19.2 Å². The molecule has 2 fully saturated rings. The number of aromatic nitrogens is 1. The van der Waals surface area contributed by atoms with Gasteiger partial charge in [0.05, 0.1) is 23.9 Å². The molecule has 1 N–H and O–H groups in total. The molecule has 3 heterocycles. The second kappa shape index (κ2) is 10.5. The molecule has 3 aliphatic rings. The molecule has 212 valence electrons. The van der Waals surface area contributed by atoms with Gasteiger partial charge in [0.1, 0.15) is 6.10 Å². The molecule has 0 amide bonds. The number of carbonyl (C=O) groups is 1. The molecule has 2 aromatic rings. The molecule has 6 nitrogen and oxygen atoms in total. The van der Waals surface area contributed by atoms with Crippen molar-refractivity contribution in [2.24, 2.45) is 5.41 Å². The van der Waals surface area contributed by atoms with Crippen LogP contribution in [0.25, 0.3) is 0 Å². The minimum absolute atomic E-state index is 0.0300. The van der Waals surface area contributed by atoms with E-state index in [-0.39, 0.29) is 23.9 Å². The third-order valence-corrected chi connectivity index (χ3v) is 8.61. The van der Waals surface area contributed by atoms with E-state index in [1.54, 1.807) is 6.20 Å². The molecule has 1 aromatic heterocycles. The summed E-state index contributed by atoms with van der Waals surface area (Å²) in [6.07, 6.45) is 0.126. The Bertz CT molecular complexity index is 1200. The third-order valence-electron chi connectivity index (χ3n) is 8.61. The van der Waals surface area contributed by atoms with Crippen LogP contribution in [0.3, 0.4) is 0 Å². The lowest BCUT2D eigenvalue weighted by Gasteiger charge is -2.43. The highest BCUT2D eigenvalue weighted by Gasteiger charge is 2.51. The Morgan fingerprint density at radius 1 is 1.15 bits per heavy atom. The van der Waals surface area contributed by atoms with E-state index in [1.807, 2.05) is 13.8 Å². The van der Waals surface area contributed by atoms with Crippen molar-refractivity contribution in [2.75, 3.05) is 19.8 Å². The number of alkyl halides is 3. The molecule has 1 spiro atoms. The second-order valence-electron chi connectivity index (χ2n) is 11.6. The van der Waals surface area contributed by atoms with Gasteiger partial charge in [0.2, 0.25) is 0 Å². The maximum atomic E-state index is 13.3. The molecule has 5 rings (SSSR count). The molecule has 1 aliphatic carbocycles. The predicted molar refractivity (Wildman–Crippen MR) is 137 cm³/mol. The van der Waals surface area contributed by atoms with Crippen LogP contribution in [-0.2, 0) is 30.8 Å². The fourth-order valence-electron chi connectivity index (χ4n) is 6.40. The monoisotopic (exact) mass is 547 g/mol. The van der Waals surface area contributed by atoms with Crippen molar-refractivity contribution in [1.29, 1.82) is 0 Å². The van der Waals surface area contributed by atoms with Crippen LogP contribution < -0.4 is 0 Å². The topological polar surface area (TPSA) is 77.9 Å². The zero-order chi connectivity index (χ0) is 28.0. The summed E-state index contributed by atoms with van der Waals surface area (Å²) in [6, 6.07) is 5.13. The van der Waals surface area contributed by atoms with Crippen molar-refractivity contribution in [3.8, 4) is 0 Å². The van der Waals surface area contributed by atoms with Gasteiger partial charge in [-0.2, -0.15) is 13.2 Å². The minimum atomic E-state index is -4.43. The Morgan fingerprint density at radius 3 is 2.36 bits per heavy atom. The molecule has 2 atom stereocenters. The fraction of sp³-hybridized carbons (Fsp3) is 0.600. The highest BCUT2D eigenvalue weighted by Crippen LogP contribution is 2.56. The van der Waals surface area contributed by atoms with Gasteiger partial charge >= 0.3 is 12.1 Å². The molecule has 2 aliphatic heterocycles. The average molecular weight is 548 g/mol. The number of aliphatic hydroxyl groups is 1. The number of carbonyl (C=O) groups excluding carboxylic acids is 1. The molecular weight excluding hydrogens is 511 g/mol. The molecule has 39 heavy (non-hydrogen) atoms. The lowest BCUT2D eigenvalue weighted by Crippen LogP contribution is -2.38. The Hall–Kier alpha value is -2.49. The van der Waals surface area contributed by atoms with Gasteiger partial charge in [-0.15, -0.1) is 0 Å². The van der Waals surface area contributed by atoms with Crippen LogP contribution in [0, 0.1) is 5.41 Å². The summed E-state index contributed by atoms with van der Waals surface area (Å²) in [7, 11) is 0. The van der Waals surface area contributed by atoms with Crippen molar-refractivity contribution in [1.82, 2.24) is 4.98 Å². The number of aliphatic hydroxyl groups excluding tert-OH is 1. The van der Waals surface area contributed by atoms with Crippen LogP contribution in [0.15, 0.2) is 30.5 Å². The largest absolute Gasteiger partial charge is 0.465 e. The Labute approximate surface area is 226 Å². The summed E-state index contributed by atoms with van der Waals surface area (Å²) in [5, 5.41) is 11.7. The Balaban J connectivity index is 1.59. The number of hydrogen-bond donors (Lipinski definition) is 1. The number of fused-ring (bicyclic) bond motifs is 2. The number of rotatable bonds is 7. The van der Waals surface area contributed by atoms with Gasteiger partial charge in [-0.05, 0) is 48.4 Å². The van der Waals surface area contributed by atoms with Gasteiger partial charge < -0.3 is 19.3 Å². The van der Waals surface area contributed by atoms with Crippen molar-refractivity contribution < 1.29 is 37.3 Å². The van der Waals surface area contributed by atoms with Gasteiger partial charge in [-0.1, -0.05) is 32.4 Å².